The number of nitrogens with zero attached hydrogens (tertiary/aromatic N) is 1. The van der Waals surface area contributed by atoms with Gasteiger partial charge in [-0.15, -0.1) is 0 Å². The van der Waals surface area contributed by atoms with Crippen molar-refractivity contribution in [1.29, 1.82) is 0 Å². The Bertz CT molecular complexity index is 878. The second-order valence-corrected chi connectivity index (χ2v) is 8.56. The summed E-state index contributed by atoms with van der Waals surface area (Å²) in [5, 5.41) is 0. The van der Waals surface area contributed by atoms with Crippen LogP contribution in [0.2, 0.25) is 0 Å². The van der Waals surface area contributed by atoms with E-state index in [4.69, 9.17) is 10.5 Å². The molecule has 1 aliphatic carbocycles. The molecule has 0 aliphatic heterocycles. The molecule has 0 unspecified atom stereocenters. The third kappa shape index (κ3) is 5.22. The van der Waals surface area contributed by atoms with Crippen molar-refractivity contribution in [3.63, 3.8) is 0 Å². The number of ether oxygens (including phenoxy) is 1. The zero-order valence-corrected chi connectivity index (χ0v) is 17.5. The summed E-state index contributed by atoms with van der Waals surface area (Å²) in [6, 6.07) is 10.9. The average Bonchev–Trinajstić information content (AvgIpc) is 2.68. The van der Waals surface area contributed by atoms with Crippen LogP contribution in [0, 0.1) is 17.8 Å². The van der Waals surface area contributed by atoms with Gasteiger partial charge in [-0.2, -0.15) is 4.57 Å². The van der Waals surface area contributed by atoms with E-state index in [-0.39, 0.29) is 12.1 Å². The van der Waals surface area contributed by atoms with Gasteiger partial charge in [-0.1, -0.05) is 45.4 Å². The maximum atomic E-state index is 13.1. The van der Waals surface area contributed by atoms with Gasteiger partial charge in [0.2, 0.25) is 0 Å². The number of esters is 1. The number of carbonyl (C=O) groups is 2. The Morgan fingerprint density at radius 1 is 1.17 bits per heavy atom. The molecule has 2 N–H and O–H groups in total. The van der Waals surface area contributed by atoms with E-state index >= 15 is 0 Å². The van der Waals surface area contributed by atoms with E-state index in [1.807, 2.05) is 35.0 Å². The predicted octanol–water partition coefficient (Wildman–Crippen LogP) is 3.74. The van der Waals surface area contributed by atoms with Crippen LogP contribution in [0.4, 0.5) is 0 Å². The number of carbonyl (C=O) groups excluding carboxylic acids is 2. The molecule has 1 heterocycles. The molecular formula is C24H31N2O3+. The van der Waals surface area contributed by atoms with Crippen LogP contribution in [-0.4, -0.2) is 18.0 Å². The standard InChI is InChI=1S/C24H30N2O3/c1-16(2)20-11-10-17(3)13-22(20)29-24(28)21-9-5-4-7-18(21)14-26-12-6-8-19(15-26)23(25)27/h4-9,12,15-17,20,22H,10-11,13-14H2,1-3H3,(H-,25,27)/p+1/t17-,20+,22+/m0/s1. The number of benzene rings is 1. The Labute approximate surface area is 172 Å². The first-order chi connectivity index (χ1) is 13.8. The van der Waals surface area contributed by atoms with Crippen LogP contribution < -0.4 is 10.3 Å². The van der Waals surface area contributed by atoms with Crippen LogP contribution in [-0.2, 0) is 11.3 Å². The van der Waals surface area contributed by atoms with E-state index in [0.717, 1.165) is 18.4 Å². The SMILES string of the molecule is CC(C)[C@H]1CC[C@H](C)C[C@H]1OC(=O)c1ccccc1C[n+]1cccc(C(N)=O)c1. The second-order valence-electron chi connectivity index (χ2n) is 8.56. The van der Waals surface area contributed by atoms with Crippen molar-refractivity contribution >= 4 is 11.9 Å². The number of amides is 1. The molecule has 1 aliphatic rings. The number of pyridine rings is 1. The molecule has 29 heavy (non-hydrogen) atoms. The number of nitrogens with two attached hydrogens (primary N) is 1. The summed E-state index contributed by atoms with van der Waals surface area (Å²) >= 11 is 0. The first-order valence-corrected chi connectivity index (χ1v) is 10.4. The van der Waals surface area contributed by atoms with Gasteiger partial charge in [-0.05, 0) is 42.7 Å². The highest BCUT2D eigenvalue weighted by molar-refractivity contribution is 5.92. The molecule has 154 valence electrons. The molecule has 1 aromatic carbocycles. The van der Waals surface area contributed by atoms with Crippen LogP contribution >= 0.6 is 0 Å². The van der Waals surface area contributed by atoms with Crippen molar-refractivity contribution in [2.75, 3.05) is 0 Å². The lowest BCUT2D eigenvalue weighted by atomic mass is 9.75. The molecule has 5 heteroatoms. The van der Waals surface area contributed by atoms with Crippen molar-refractivity contribution in [1.82, 2.24) is 0 Å². The maximum Gasteiger partial charge on any atom is 0.338 e. The van der Waals surface area contributed by atoms with Crippen molar-refractivity contribution in [2.24, 2.45) is 23.5 Å². The van der Waals surface area contributed by atoms with E-state index in [9.17, 15) is 9.59 Å². The van der Waals surface area contributed by atoms with Crippen molar-refractivity contribution in [3.05, 3.63) is 65.5 Å². The Kier molecular flexibility index (Phi) is 6.68. The summed E-state index contributed by atoms with van der Waals surface area (Å²) in [7, 11) is 0. The third-order valence-electron chi connectivity index (χ3n) is 5.95. The molecule has 3 atom stereocenters. The van der Waals surface area contributed by atoms with E-state index < -0.39 is 5.91 Å². The normalized spacial score (nSPS) is 21.7. The summed E-state index contributed by atoms with van der Waals surface area (Å²) in [5.41, 5.74) is 7.24. The Morgan fingerprint density at radius 3 is 2.66 bits per heavy atom. The van der Waals surface area contributed by atoms with Crippen LogP contribution in [0.5, 0.6) is 0 Å². The van der Waals surface area contributed by atoms with Gasteiger partial charge in [0.05, 0.1) is 5.56 Å². The lowest BCUT2D eigenvalue weighted by molar-refractivity contribution is -0.688. The molecule has 0 saturated heterocycles. The first-order valence-electron chi connectivity index (χ1n) is 10.4. The molecule has 3 rings (SSSR count). The van der Waals surface area contributed by atoms with Crippen LogP contribution in [0.3, 0.4) is 0 Å². The first kappa shape index (κ1) is 21.0. The summed E-state index contributed by atoms with van der Waals surface area (Å²) in [5.74, 6) is 0.729. The van der Waals surface area contributed by atoms with Gasteiger partial charge in [-0.3, -0.25) is 4.79 Å². The van der Waals surface area contributed by atoms with E-state index in [1.54, 1.807) is 18.3 Å². The van der Waals surface area contributed by atoms with Gasteiger partial charge in [0.15, 0.2) is 18.9 Å². The molecule has 0 bridgehead atoms. The molecule has 1 aromatic heterocycles. The predicted molar refractivity (Wildman–Crippen MR) is 111 cm³/mol. The number of hydrogen-bond donors (Lipinski definition) is 1. The Balaban J connectivity index is 1.80. The minimum Gasteiger partial charge on any atom is -0.458 e. The highest BCUT2D eigenvalue weighted by atomic mass is 16.5. The maximum absolute atomic E-state index is 13.1. The Hall–Kier alpha value is -2.69. The van der Waals surface area contributed by atoms with Crippen LogP contribution in [0.15, 0.2) is 48.8 Å². The second kappa shape index (κ2) is 9.21. The van der Waals surface area contributed by atoms with Crippen molar-refractivity contribution in [2.45, 2.75) is 52.7 Å². The highest BCUT2D eigenvalue weighted by Crippen LogP contribution is 2.35. The molecule has 1 fully saturated rings. The van der Waals surface area contributed by atoms with Gasteiger partial charge < -0.3 is 10.5 Å². The van der Waals surface area contributed by atoms with Gasteiger partial charge in [-0.25, -0.2) is 4.79 Å². The van der Waals surface area contributed by atoms with Gasteiger partial charge >= 0.3 is 5.97 Å². The van der Waals surface area contributed by atoms with Crippen molar-refractivity contribution < 1.29 is 18.9 Å². The molecule has 1 amide bonds. The summed E-state index contributed by atoms with van der Waals surface area (Å²) in [4.78, 5) is 24.5. The fraction of sp³-hybridized carbons (Fsp3) is 0.458. The zero-order chi connectivity index (χ0) is 21.0. The van der Waals surface area contributed by atoms with E-state index in [0.29, 0.717) is 35.4 Å². The van der Waals surface area contributed by atoms with Gasteiger partial charge in [0.1, 0.15) is 11.7 Å². The molecular weight excluding hydrogens is 364 g/mol. The van der Waals surface area contributed by atoms with Crippen molar-refractivity contribution in [3.8, 4) is 0 Å². The monoisotopic (exact) mass is 395 g/mol. The highest BCUT2D eigenvalue weighted by Gasteiger charge is 2.34. The molecule has 0 spiro atoms. The fourth-order valence-electron chi connectivity index (χ4n) is 4.27. The number of rotatable bonds is 6. The number of hydrogen-bond acceptors (Lipinski definition) is 3. The quantitative estimate of drug-likeness (QED) is 0.598. The lowest BCUT2D eigenvalue weighted by Gasteiger charge is -2.36. The minimum atomic E-state index is -0.474. The summed E-state index contributed by atoms with van der Waals surface area (Å²) < 4.78 is 7.89. The molecule has 0 radical (unpaired) electrons. The number of aromatic nitrogens is 1. The minimum absolute atomic E-state index is 0.0369. The van der Waals surface area contributed by atoms with Crippen LogP contribution in [0.1, 0.15) is 66.3 Å². The summed E-state index contributed by atoms with van der Waals surface area (Å²) in [6.07, 6.45) is 6.74. The Morgan fingerprint density at radius 2 is 1.93 bits per heavy atom. The molecule has 5 nitrogen and oxygen atoms in total. The summed E-state index contributed by atoms with van der Waals surface area (Å²) in [6.45, 7) is 7.10. The average molecular weight is 396 g/mol. The third-order valence-corrected chi connectivity index (χ3v) is 5.95. The van der Waals surface area contributed by atoms with Crippen LogP contribution in [0.25, 0.3) is 0 Å². The molecule has 1 saturated carbocycles. The van der Waals surface area contributed by atoms with E-state index in [2.05, 4.69) is 20.8 Å². The molecule has 2 aromatic rings. The number of primary amides is 1. The lowest BCUT2D eigenvalue weighted by Crippen LogP contribution is -2.37. The smallest absolute Gasteiger partial charge is 0.338 e. The fourth-order valence-corrected chi connectivity index (χ4v) is 4.27. The van der Waals surface area contributed by atoms with Gasteiger partial charge in [0, 0.05) is 11.6 Å². The van der Waals surface area contributed by atoms with Gasteiger partial charge in [0.25, 0.3) is 5.91 Å². The van der Waals surface area contributed by atoms with E-state index in [1.165, 1.54) is 6.42 Å². The topological polar surface area (TPSA) is 73.3 Å². The zero-order valence-electron chi connectivity index (χ0n) is 17.5. The largest absolute Gasteiger partial charge is 0.458 e.